The molecule has 1 aliphatic rings. The predicted octanol–water partition coefficient (Wildman–Crippen LogP) is 0.751. The van der Waals surface area contributed by atoms with Gasteiger partial charge in [0.25, 0.3) is 5.91 Å². The number of nitrogens with two attached hydrogens (primary N) is 1. The molecule has 1 aliphatic heterocycles. The van der Waals surface area contributed by atoms with Gasteiger partial charge < -0.3 is 10.2 Å². The van der Waals surface area contributed by atoms with E-state index >= 15 is 0 Å². The van der Waals surface area contributed by atoms with Crippen molar-refractivity contribution in [3.8, 4) is 0 Å². The summed E-state index contributed by atoms with van der Waals surface area (Å²) in [5.74, 6) is 0.0125. The van der Waals surface area contributed by atoms with Gasteiger partial charge in [0.05, 0.1) is 10.6 Å². The topological polar surface area (TPSA) is 111 Å². The van der Waals surface area contributed by atoms with Crippen LogP contribution in [-0.2, 0) is 26.2 Å². The molecule has 1 heterocycles. The summed E-state index contributed by atoms with van der Waals surface area (Å²) in [7, 11) is -3.70. The van der Waals surface area contributed by atoms with E-state index in [-0.39, 0.29) is 23.3 Å². The molecule has 7 nitrogen and oxygen atoms in total. The number of carbonyl (C=O) groups is 1. The first-order valence-corrected chi connectivity index (χ1v) is 8.44. The first-order valence-electron chi connectivity index (χ1n) is 6.89. The average molecular weight is 325 g/mol. The summed E-state index contributed by atoms with van der Waals surface area (Å²) in [5, 5.41) is 11.7. The minimum absolute atomic E-state index is 0.0386. The van der Waals surface area contributed by atoms with Gasteiger partial charge in [0, 0.05) is 13.0 Å². The van der Waals surface area contributed by atoms with Crippen molar-refractivity contribution in [3.05, 3.63) is 29.8 Å². The van der Waals surface area contributed by atoms with Crippen molar-refractivity contribution >= 4 is 21.6 Å². The molecule has 0 bridgehead atoms. The Morgan fingerprint density at radius 3 is 2.55 bits per heavy atom. The summed E-state index contributed by atoms with van der Waals surface area (Å²) < 4.78 is 22.3. The normalized spacial score (nSPS) is 18.0. The smallest absolute Gasteiger partial charge is 0.264 e. The molecule has 8 heteroatoms. The zero-order valence-electron chi connectivity index (χ0n) is 12.4. The van der Waals surface area contributed by atoms with Gasteiger partial charge in [-0.3, -0.25) is 4.79 Å². The van der Waals surface area contributed by atoms with E-state index in [2.05, 4.69) is 10.5 Å². The lowest BCUT2D eigenvalue weighted by Crippen LogP contribution is -2.34. The Bertz CT molecular complexity index is 681. The molecule has 1 amide bonds. The molecular formula is C14H19N3O4S. The van der Waals surface area contributed by atoms with Gasteiger partial charge in [-0.2, -0.15) is 0 Å². The maximum atomic E-state index is 12.0. The molecule has 22 heavy (non-hydrogen) atoms. The lowest BCUT2D eigenvalue weighted by molar-refractivity contribution is -0.131. The molecule has 3 N–H and O–H groups in total. The monoisotopic (exact) mass is 325 g/mol. The Hall–Kier alpha value is -1.93. The Kier molecular flexibility index (Phi) is 4.82. The van der Waals surface area contributed by atoms with Gasteiger partial charge in [-0.25, -0.2) is 13.6 Å². The second-order valence-corrected chi connectivity index (χ2v) is 7.00. The molecule has 2 rings (SSSR count). The number of hydrogen-bond acceptors (Lipinski definition) is 5. The highest BCUT2D eigenvalue weighted by Gasteiger charge is 2.28. The van der Waals surface area contributed by atoms with Crippen LogP contribution in [0.15, 0.2) is 34.3 Å². The highest BCUT2D eigenvalue weighted by molar-refractivity contribution is 7.89. The Balaban J connectivity index is 1.87. The average Bonchev–Trinajstić information content (AvgIpc) is 2.94. The lowest BCUT2D eigenvalue weighted by atomic mass is 10.0. The van der Waals surface area contributed by atoms with E-state index in [4.69, 9.17) is 9.98 Å². The zero-order valence-corrected chi connectivity index (χ0v) is 13.3. The zero-order chi connectivity index (χ0) is 16.3. The third kappa shape index (κ3) is 4.05. The molecule has 0 radical (unpaired) electrons. The summed E-state index contributed by atoms with van der Waals surface area (Å²) in [5.41, 5.74) is 1.64. The van der Waals surface area contributed by atoms with E-state index in [1.807, 2.05) is 13.8 Å². The van der Waals surface area contributed by atoms with Crippen molar-refractivity contribution in [2.45, 2.75) is 37.8 Å². The molecule has 1 aromatic carbocycles. The van der Waals surface area contributed by atoms with Crippen molar-refractivity contribution in [2.24, 2.45) is 16.2 Å². The molecule has 120 valence electrons. The summed E-state index contributed by atoms with van der Waals surface area (Å²) in [6.45, 7) is 4.27. The summed E-state index contributed by atoms with van der Waals surface area (Å²) in [6.07, 6.45) is -0.102. The fourth-order valence-corrected chi connectivity index (χ4v) is 2.49. The Morgan fingerprint density at radius 2 is 2.05 bits per heavy atom. The third-order valence-corrected chi connectivity index (χ3v) is 4.30. The van der Waals surface area contributed by atoms with Crippen molar-refractivity contribution in [2.75, 3.05) is 0 Å². The van der Waals surface area contributed by atoms with Crippen LogP contribution in [-0.4, -0.2) is 26.1 Å². The number of carbonyl (C=O) groups excluding carboxylic acids is 1. The molecule has 1 atom stereocenters. The second-order valence-electron chi connectivity index (χ2n) is 5.44. The first-order chi connectivity index (χ1) is 10.3. The molecule has 0 spiro atoms. The van der Waals surface area contributed by atoms with Gasteiger partial charge in [-0.05, 0) is 23.6 Å². The molecule has 0 saturated heterocycles. The van der Waals surface area contributed by atoms with E-state index in [0.29, 0.717) is 6.42 Å². The number of oxime groups is 1. The highest BCUT2D eigenvalue weighted by Crippen LogP contribution is 2.16. The molecule has 0 aliphatic carbocycles. The first kappa shape index (κ1) is 16.4. The molecule has 0 aromatic heterocycles. The number of nitrogens with one attached hydrogen (secondary N) is 1. The minimum Gasteiger partial charge on any atom is -0.382 e. The fourth-order valence-electron chi connectivity index (χ4n) is 1.98. The van der Waals surface area contributed by atoms with Crippen LogP contribution in [0.3, 0.4) is 0 Å². The van der Waals surface area contributed by atoms with Gasteiger partial charge in [0.15, 0.2) is 0 Å². The van der Waals surface area contributed by atoms with E-state index < -0.39 is 16.1 Å². The second kappa shape index (κ2) is 6.45. The largest absolute Gasteiger partial charge is 0.382 e. The molecular weight excluding hydrogens is 306 g/mol. The predicted molar refractivity (Wildman–Crippen MR) is 81.4 cm³/mol. The Morgan fingerprint density at radius 1 is 1.41 bits per heavy atom. The minimum atomic E-state index is -3.70. The number of nitrogens with zero attached hydrogens (tertiary/aromatic N) is 1. The van der Waals surface area contributed by atoms with Crippen LogP contribution in [0.4, 0.5) is 0 Å². The summed E-state index contributed by atoms with van der Waals surface area (Å²) in [6, 6.07) is 6.02. The quantitative estimate of drug-likeness (QED) is 0.832. The number of benzene rings is 1. The maximum absolute atomic E-state index is 12.0. The fraction of sp³-hybridized carbons (Fsp3) is 0.429. The molecule has 1 aromatic rings. The van der Waals surface area contributed by atoms with E-state index in [0.717, 1.165) is 11.3 Å². The number of hydrogen-bond donors (Lipinski definition) is 2. The van der Waals surface area contributed by atoms with Crippen LogP contribution in [0.1, 0.15) is 25.8 Å². The van der Waals surface area contributed by atoms with Crippen molar-refractivity contribution in [1.82, 2.24) is 5.32 Å². The van der Waals surface area contributed by atoms with Crippen LogP contribution in [0.2, 0.25) is 0 Å². The van der Waals surface area contributed by atoms with Gasteiger partial charge >= 0.3 is 0 Å². The summed E-state index contributed by atoms with van der Waals surface area (Å²) in [4.78, 5) is 17.1. The Labute approximate surface area is 129 Å². The van der Waals surface area contributed by atoms with Crippen molar-refractivity contribution in [1.29, 1.82) is 0 Å². The number of amides is 1. The number of rotatable bonds is 5. The van der Waals surface area contributed by atoms with E-state index in [9.17, 15) is 13.2 Å². The van der Waals surface area contributed by atoms with Gasteiger partial charge in [-0.15, -0.1) is 0 Å². The lowest BCUT2D eigenvalue weighted by Gasteiger charge is -2.10. The van der Waals surface area contributed by atoms with Crippen LogP contribution >= 0.6 is 0 Å². The maximum Gasteiger partial charge on any atom is 0.264 e. The summed E-state index contributed by atoms with van der Waals surface area (Å²) >= 11 is 0. The van der Waals surface area contributed by atoms with Crippen molar-refractivity contribution < 1.29 is 18.0 Å². The number of sulfonamides is 1. The van der Waals surface area contributed by atoms with Crippen LogP contribution in [0, 0.1) is 5.92 Å². The van der Waals surface area contributed by atoms with Gasteiger partial charge in [-0.1, -0.05) is 31.1 Å². The van der Waals surface area contributed by atoms with Crippen LogP contribution in [0.25, 0.3) is 0 Å². The van der Waals surface area contributed by atoms with E-state index in [1.165, 1.54) is 12.1 Å². The molecule has 0 saturated carbocycles. The molecule has 1 unspecified atom stereocenters. The SMILES string of the molecule is CC(C)C1=NOC(C(=O)NCc2ccc(S(N)(=O)=O)cc2)C1. The highest BCUT2D eigenvalue weighted by atomic mass is 32.2. The number of primary sulfonamides is 1. The van der Waals surface area contributed by atoms with E-state index in [1.54, 1.807) is 12.1 Å². The van der Waals surface area contributed by atoms with Crippen molar-refractivity contribution in [3.63, 3.8) is 0 Å². The van der Waals surface area contributed by atoms with Crippen LogP contribution < -0.4 is 10.5 Å². The standard InChI is InChI=1S/C14H19N3O4S/c1-9(2)12-7-13(21-17-12)14(18)16-8-10-3-5-11(6-4-10)22(15,19)20/h3-6,9,13H,7-8H2,1-2H3,(H,16,18)(H2,15,19,20). The van der Waals surface area contributed by atoms with Gasteiger partial charge in [0.2, 0.25) is 16.1 Å². The molecule has 0 fully saturated rings. The van der Waals surface area contributed by atoms with Crippen LogP contribution in [0.5, 0.6) is 0 Å². The third-order valence-electron chi connectivity index (χ3n) is 3.37. The van der Waals surface area contributed by atoms with Gasteiger partial charge in [0.1, 0.15) is 0 Å².